The van der Waals surface area contributed by atoms with Gasteiger partial charge in [-0.05, 0) is 79.6 Å². The molecule has 0 heterocycles. The number of hydrogen-bond donors (Lipinski definition) is 3. The van der Waals surface area contributed by atoms with E-state index in [2.05, 4.69) is 16.0 Å². The largest absolute Gasteiger partial charge is 0.325 e. The van der Waals surface area contributed by atoms with E-state index in [9.17, 15) is 24.5 Å². The molecule has 0 aliphatic carbocycles. The molecule has 0 saturated carbocycles. The third kappa shape index (κ3) is 8.78. The zero-order chi connectivity index (χ0) is 30.9. The molecule has 0 spiro atoms. The maximum Gasteiger partial charge on any atom is 0.272 e. The number of hydrogen-bond acceptors (Lipinski definition) is 6. The number of anilines is 2. The normalized spacial score (nSPS) is 11.7. The Balaban J connectivity index is 1.43. The van der Waals surface area contributed by atoms with Crippen molar-refractivity contribution >= 4 is 64.2 Å². The number of carbonyl (C=O) groups excluding carboxylic acids is 3. The number of benzene rings is 4. The summed E-state index contributed by atoms with van der Waals surface area (Å²) < 4.78 is 0. The number of halogens is 1. The van der Waals surface area contributed by atoms with Crippen molar-refractivity contribution in [3.05, 3.63) is 135 Å². The number of nitro groups is 1. The van der Waals surface area contributed by atoms with Crippen LogP contribution in [0.5, 0.6) is 0 Å². The summed E-state index contributed by atoms with van der Waals surface area (Å²) >= 11 is 7.40. The van der Waals surface area contributed by atoms with Crippen LogP contribution in [0.3, 0.4) is 0 Å². The molecule has 0 saturated heterocycles. The summed E-state index contributed by atoms with van der Waals surface area (Å²) in [6.45, 7) is 3.48. The van der Waals surface area contributed by atoms with Gasteiger partial charge in [-0.15, -0.1) is 11.8 Å². The highest BCUT2D eigenvalue weighted by Crippen LogP contribution is 2.27. The second kappa shape index (κ2) is 14.3. The lowest BCUT2D eigenvalue weighted by atomic mass is 10.1. The van der Waals surface area contributed by atoms with Crippen LogP contribution >= 0.6 is 23.4 Å². The van der Waals surface area contributed by atoms with E-state index in [4.69, 9.17) is 11.6 Å². The average molecular weight is 615 g/mol. The van der Waals surface area contributed by atoms with Gasteiger partial charge < -0.3 is 16.0 Å². The van der Waals surface area contributed by atoms with E-state index in [1.165, 1.54) is 30.0 Å². The molecule has 9 nitrogen and oxygen atoms in total. The molecule has 1 atom stereocenters. The summed E-state index contributed by atoms with van der Waals surface area (Å²) in [5.74, 6) is -1.29. The third-order valence-corrected chi connectivity index (χ3v) is 7.52. The standard InChI is InChI=1S/C32H27ClN4O5S/c1-20-11-14-26(37(41)42)19-28(20)35-30(38)21(2)43-27-15-12-25(13-16-27)34-32(40)29(18-22-7-6-10-24(33)17-22)36-31(39)23-8-4-3-5-9-23/h3-19,21H,1-2H3,(H,34,40)(H,35,38)(H,36,39)/b29-18-. The molecular weight excluding hydrogens is 588 g/mol. The molecule has 43 heavy (non-hydrogen) atoms. The van der Waals surface area contributed by atoms with Crippen molar-refractivity contribution in [2.45, 2.75) is 24.0 Å². The number of nitrogens with one attached hydrogen (secondary N) is 3. The highest BCUT2D eigenvalue weighted by atomic mass is 35.5. The number of nitro benzene ring substituents is 1. The van der Waals surface area contributed by atoms with Crippen LogP contribution in [0.25, 0.3) is 6.08 Å². The first-order valence-electron chi connectivity index (χ1n) is 13.1. The van der Waals surface area contributed by atoms with Gasteiger partial charge in [0.25, 0.3) is 17.5 Å². The summed E-state index contributed by atoms with van der Waals surface area (Å²) in [5.41, 5.74) is 2.51. The van der Waals surface area contributed by atoms with E-state index in [0.29, 0.717) is 33.1 Å². The molecule has 4 rings (SSSR count). The molecule has 0 aliphatic heterocycles. The van der Waals surface area contributed by atoms with Gasteiger partial charge in [0.1, 0.15) is 5.70 Å². The first kappa shape index (κ1) is 31.0. The van der Waals surface area contributed by atoms with E-state index >= 15 is 0 Å². The predicted molar refractivity (Wildman–Crippen MR) is 170 cm³/mol. The van der Waals surface area contributed by atoms with E-state index < -0.39 is 22.0 Å². The zero-order valence-electron chi connectivity index (χ0n) is 23.2. The van der Waals surface area contributed by atoms with E-state index in [1.54, 1.807) is 98.8 Å². The molecule has 0 aromatic heterocycles. The second-order valence-electron chi connectivity index (χ2n) is 9.42. The lowest BCUT2D eigenvalue weighted by Crippen LogP contribution is -2.30. The number of carbonyl (C=O) groups is 3. The van der Waals surface area contributed by atoms with Crippen LogP contribution in [-0.4, -0.2) is 27.9 Å². The lowest BCUT2D eigenvalue weighted by Gasteiger charge is -2.14. The van der Waals surface area contributed by atoms with Gasteiger partial charge in [-0.3, -0.25) is 24.5 Å². The summed E-state index contributed by atoms with van der Waals surface area (Å²) in [6.07, 6.45) is 1.54. The fourth-order valence-electron chi connectivity index (χ4n) is 3.87. The van der Waals surface area contributed by atoms with Crippen LogP contribution in [0.1, 0.15) is 28.4 Å². The van der Waals surface area contributed by atoms with Gasteiger partial charge in [0.2, 0.25) is 5.91 Å². The molecule has 3 N–H and O–H groups in total. The molecule has 0 fully saturated rings. The van der Waals surface area contributed by atoms with Gasteiger partial charge in [0.05, 0.1) is 15.9 Å². The van der Waals surface area contributed by atoms with Crippen molar-refractivity contribution in [2.75, 3.05) is 10.6 Å². The Morgan fingerprint density at radius 1 is 0.907 bits per heavy atom. The number of amides is 3. The molecule has 4 aromatic carbocycles. The van der Waals surface area contributed by atoms with Crippen LogP contribution in [0, 0.1) is 17.0 Å². The Labute approximate surface area is 257 Å². The van der Waals surface area contributed by atoms with Gasteiger partial charge in [0, 0.05) is 33.3 Å². The lowest BCUT2D eigenvalue weighted by molar-refractivity contribution is -0.384. The van der Waals surface area contributed by atoms with E-state index in [1.807, 2.05) is 0 Å². The Morgan fingerprint density at radius 2 is 1.63 bits per heavy atom. The predicted octanol–water partition coefficient (Wildman–Crippen LogP) is 7.09. The SMILES string of the molecule is Cc1ccc([N+](=O)[O-])cc1NC(=O)C(C)Sc1ccc(NC(=O)/C(=C/c2cccc(Cl)c2)NC(=O)c2ccccc2)cc1. The molecule has 0 aliphatic rings. The van der Waals surface area contributed by atoms with E-state index in [-0.39, 0.29) is 17.3 Å². The van der Waals surface area contributed by atoms with Crippen molar-refractivity contribution in [2.24, 2.45) is 0 Å². The molecule has 4 aromatic rings. The van der Waals surface area contributed by atoms with Gasteiger partial charge in [-0.25, -0.2) is 0 Å². The van der Waals surface area contributed by atoms with Crippen LogP contribution in [-0.2, 0) is 9.59 Å². The first-order valence-corrected chi connectivity index (χ1v) is 14.3. The average Bonchev–Trinajstić information content (AvgIpc) is 2.99. The number of aryl methyl sites for hydroxylation is 1. The van der Waals surface area contributed by atoms with Gasteiger partial charge in [-0.2, -0.15) is 0 Å². The second-order valence-corrected chi connectivity index (χ2v) is 11.3. The Morgan fingerprint density at radius 3 is 2.30 bits per heavy atom. The molecule has 11 heteroatoms. The summed E-state index contributed by atoms with van der Waals surface area (Å²) in [4.78, 5) is 50.2. The fraction of sp³-hybridized carbons (Fsp3) is 0.0938. The summed E-state index contributed by atoms with van der Waals surface area (Å²) in [6, 6.07) is 26.6. The highest BCUT2D eigenvalue weighted by Gasteiger charge is 2.18. The summed E-state index contributed by atoms with van der Waals surface area (Å²) in [7, 11) is 0. The topological polar surface area (TPSA) is 130 Å². The van der Waals surface area contributed by atoms with Crippen molar-refractivity contribution in [3.8, 4) is 0 Å². The fourth-order valence-corrected chi connectivity index (χ4v) is 4.94. The van der Waals surface area contributed by atoms with Crippen LogP contribution in [0.15, 0.2) is 108 Å². The highest BCUT2D eigenvalue weighted by molar-refractivity contribution is 8.00. The molecule has 0 bridgehead atoms. The van der Waals surface area contributed by atoms with Crippen LogP contribution in [0.4, 0.5) is 17.1 Å². The van der Waals surface area contributed by atoms with E-state index in [0.717, 1.165) is 4.90 Å². The smallest absolute Gasteiger partial charge is 0.272 e. The van der Waals surface area contributed by atoms with Gasteiger partial charge in [0.15, 0.2) is 0 Å². The minimum Gasteiger partial charge on any atom is -0.325 e. The molecular formula is C32H27ClN4O5S. The van der Waals surface area contributed by atoms with Crippen molar-refractivity contribution in [1.29, 1.82) is 0 Å². The maximum absolute atomic E-state index is 13.3. The molecule has 218 valence electrons. The number of thioether (sulfide) groups is 1. The monoisotopic (exact) mass is 614 g/mol. The van der Waals surface area contributed by atoms with Crippen molar-refractivity contribution < 1.29 is 19.3 Å². The van der Waals surface area contributed by atoms with Crippen molar-refractivity contribution in [3.63, 3.8) is 0 Å². The van der Waals surface area contributed by atoms with Gasteiger partial charge in [-0.1, -0.05) is 48.0 Å². The quantitative estimate of drug-likeness (QED) is 0.0757. The molecule has 1 unspecified atom stereocenters. The Bertz CT molecular complexity index is 1690. The maximum atomic E-state index is 13.3. The molecule has 0 radical (unpaired) electrons. The Kier molecular flexibility index (Phi) is 10.3. The zero-order valence-corrected chi connectivity index (χ0v) is 24.7. The minimum absolute atomic E-state index is 0.0244. The van der Waals surface area contributed by atoms with Gasteiger partial charge >= 0.3 is 0 Å². The van der Waals surface area contributed by atoms with Crippen molar-refractivity contribution in [1.82, 2.24) is 5.32 Å². The number of non-ortho nitro benzene ring substituents is 1. The summed E-state index contributed by atoms with van der Waals surface area (Å²) in [5, 5.41) is 19.3. The number of rotatable bonds is 10. The number of nitrogens with zero attached hydrogens (tertiary/aromatic N) is 1. The minimum atomic E-state index is -0.537. The van der Waals surface area contributed by atoms with Crippen LogP contribution < -0.4 is 16.0 Å². The first-order chi connectivity index (χ1) is 20.6. The Hall–Kier alpha value is -4.93. The van der Waals surface area contributed by atoms with Crippen LogP contribution in [0.2, 0.25) is 5.02 Å². The molecule has 3 amide bonds. The third-order valence-electron chi connectivity index (χ3n) is 6.17.